The van der Waals surface area contributed by atoms with Crippen LogP contribution in [0.1, 0.15) is 63.0 Å². The highest BCUT2D eigenvalue weighted by Crippen LogP contribution is 2.41. The number of rotatable bonds is 8. The first-order valence-corrected chi connectivity index (χ1v) is 13.5. The molecule has 1 aliphatic heterocycles. The number of aryl methyl sites for hydroxylation is 1. The second kappa shape index (κ2) is 12.8. The lowest BCUT2D eigenvalue weighted by molar-refractivity contribution is 0.0696. The third-order valence-corrected chi connectivity index (χ3v) is 7.87. The van der Waals surface area contributed by atoms with Crippen LogP contribution in [0.3, 0.4) is 0 Å². The van der Waals surface area contributed by atoms with Gasteiger partial charge in [-0.2, -0.15) is 5.26 Å². The van der Waals surface area contributed by atoms with E-state index in [-0.39, 0.29) is 24.6 Å². The molecule has 0 atom stereocenters. The van der Waals surface area contributed by atoms with Gasteiger partial charge in [-0.3, -0.25) is 4.39 Å². The fourth-order valence-corrected chi connectivity index (χ4v) is 5.98. The summed E-state index contributed by atoms with van der Waals surface area (Å²) < 4.78 is 12.4. The Kier molecular flexibility index (Phi) is 9.45. The molecule has 2 aliphatic rings. The average Bonchev–Trinajstić information content (AvgIpc) is 3.09. The third-order valence-electron chi connectivity index (χ3n) is 7.63. The highest BCUT2D eigenvalue weighted by molar-refractivity contribution is 6.30. The van der Waals surface area contributed by atoms with Crippen LogP contribution in [0.2, 0.25) is 5.02 Å². The van der Waals surface area contributed by atoms with Crippen molar-refractivity contribution in [3.63, 3.8) is 0 Å². The van der Waals surface area contributed by atoms with Gasteiger partial charge in [-0.25, -0.2) is 4.79 Å². The van der Waals surface area contributed by atoms with Crippen molar-refractivity contribution in [2.75, 3.05) is 26.3 Å². The Hall–Kier alpha value is -3.17. The zero-order valence-electron chi connectivity index (χ0n) is 21.6. The first-order valence-electron chi connectivity index (χ1n) is 13.1. The Morgan fingerprint density at radius 2 is 1.79 bits per heavy atom. The summed E-state index contributed by atoms with van der Waals surface area (Å²) in [5, 5.41) is 20.0. The number of carboxylic acids is 1. The number of halogens is 3. The minimum atomic E-state index is -0.934. The van der Waals surface area contributed by atoms with Gasteiger partial charge in [-0.1, -0.05) is 48.0 Å². The molecule has 39 heavy (non-hydrogen) atoms. The van der Waals surface area contributed by atoms with Gasteiger partial charge >= 0.3 is 5.97 Å². The molecule has 7 heteroatoms. The van der Waals surface area contributed by atoms with Crippen molar-refractivity contribution in [2.24, 2.45) is 5.92 Å². The van der Waals surface area contributed by atoms with Crippen LogP contribution < -0.4 is 0 Å². The average molecular weight is 566 g/mol. The van der Waals surface area contributed by atoms with Gasteiger partial charge in [0, 0.05) is 24.7 Å². The molecule has 4 nitrogen and oxygen atoms in total. The summed E-state index contributed by atoms with van der Waals surface area (Å²) in [6, 6.07) is 21.8. The van der Waals surface area contributed by atoms with Crippen molar-refractivity contribution >= 4 is 41.1 Å². The van der Waals surface area contributed by atoms with Gasteiger partial charge in [0.2, 0.25) is 0 Å². The minimum Gasteiger partial charge on any atom is -0.478 e. The monoisotopic (exact) mass is 564 g/mol. The second-order valence-electron chi connectivity index (χ2n) is 10.3. The van der Waals surface area contributed by atoms with Gasteiger partial charge in [0.1, 0.15) is 0 Å². The predicted molar refractivity (Wildman–Crippen MR) is 156 cm³/mol. The lowest BCUT2D eigenvalue weighted by Gasteiger charge is -2.39. The summed E-state index contributed by atoms with van der Waals surface area (Å²) in [5.74, 6) is -0.341. The predicted octanol–water partition coefficient (Wildman–Crippen LogP) is 7.46. The number of allylic oxidation sites excluding steroid dienone is 1. The van der Waals surface area contributed by atoms with Gasteiger partial charge in [-0.15, -0.1) is 12.4 Å². The summed E-state index contributed by atoms with van der Waals surface area (Å²) in [7, 11) is 0. The number of nitrogens with zero attached hydrogens (tertiary/aromatic N) is 2. The van der Waals surface area contributed by atoms with Crippen LogP contribution in [0.25, 0.3) is 11.1 Å². The Morgan fingerprint density at radius 1 is 1.05 bits per heavy atom. The smallest absolute Gasteiger partial charge is 0.335 e. The second-order valence-corrected chi connectivity index (χ2v) is 10.7. The number of nitriles is 1. The van der Waals surface area contributed by atoms with E-state index in [1.54, 1.807) is 18.2 Å². The van der Waals surface area contributed by atoms with Gasteiger partial charge in [0.05, 0.1) is 23.9 Å². The molecule has 0 amide bonds. The molecule has 0 unspecified atom stereocenters. The number of likely N-dealkylation sites (tertiary alicyclic amines) is 1. The first-order chi connectivity index (χ1) is 18.5. The topological polar surface area (TPSA) is 64.3 Å². The number of carbonyl (C=O) groups is 1. The van der Waals surface area contributed by atoms with E-state index in [2.05, 4.69) is 35.2 Å². The van der Waals surface area contributed by atoms with E-state index in [4.69, 9.17) is 11.6 Å². The molecule has 3 aromatic carbocycles. The van der Waals surface area contributed by atoms with Crippen molar-refractivity contribution < 1.29 is 14.3 Å². The number of carboxylic acid groups (broad SMARTS) is 1. The number of hydrogen-bond acceptors (Lipinski definition) is 3. The maximum atomic E-state index is 12.4. The van der Waals surface area contributed by atoms with Gasteiger partial charge in [0.25, 0.3) is 0 Å². The van der Waals surface area contributed by atoms with Crippen LogP contribution in [-0.4, -0.2) is 42.3 Å². The molecule has 0 radical (unpaired) electrons. The summed E-state index contributed by atoms with van der Waals surface area (Å²) >= 11 is 6.22. The fraction of sp³-hybridized carbons (Fsp3) is 0.312. The fourth-order valence-electron chi connectivity index (χ4n) is 5.80. The Morgan fingerprint density at radius 3 is 2.49 bits per heavy atom. The lowest BCUT2D eigenvalue weighted by atomic mass is 9.85. The molecule has 0 aromatic heterocycles. The van der Waals surface area contributed by atoms with E-state index >= 15 is 0 Å². The van der Waals surface area contributed by atoms with E-state index < -0.39 is 5.97 Å². The summed E-state index contributed by atoms with van der Waals surface area (Å²) in [5.41, 5.74) is 8.15. The molecule has 3 aromatic rings. The Labute approximate surface area is 240 Å². The molecule has 1 heterocycles. The highest BCUT2D eigenvalue weighted by Gasteiger charge is 2.27. The standard InChI is InChI=1S/C32H30ClFN2O2.ClH/c33-27-10-12-28(26(17-27)18-35)30-4-1-3-24-16-25(32(37)38)9-11-29(24)31(30)23-7-5-21(6-8-23)15-22-19-36(20-22)14-2-13-34;/h5-12,16-17,22H,1-4,13-15,19-20H2,(H,37,38);1H. The zero-order valence-corrected chi connectivity index (χ0v) is 23.2. The number of hydrogen-bond donors (Lipinski definition) is 1. The lowest BCUT2D eigenvalue weighted by Crippen LogP contribution is -2.47. The van der Waals surface area contributed by atoms with E-state index in [0.29, 0.717) is 22.9 Å². The largest absolute Gasteiger partial charge is 0.478 e. The summed E-state index contributed by atoms with van der Waals surface area (Å²) in [6.45, 7) is 2.61. The summed E-state index contributed by atoms with van der Waals surface area (Å²) in [4.78, 5) is 14.0. The minimum absolute atomic E-state index is 0. The molecule has 0 saturated carbocycles. The Balaban J connectivity index is 0.00000353. The van der Waals surface area contributed by atoms with Crippen molar-refractivity contribution in [1.82, 2.24) is 4.90 Å². The Bertz CT molecular complexity index is 1420. The van der Waals surface area contributed by atoms with Crippen LogP contribution in [0.15, 0.2) is 60.7 Å². The third kappa shape index (κ3) is 6.36. The van der Waals surface area contributed by atoms with Gasteiger partial charge in [-0.05, 0) is 101 Å². The molecular weight excluding hydrogens is 534 g/mol. The molecule has 1 fully saturated rings. The molecule has 1 N–H and O–H groups in total. The first kappa shape index (κ1) is 28.8. The quantitative estimate of drug-likeness (QED) is 0.308. The molecule has 1 saturated heterocycles. The van der Waals surface area contributed by atoms with Crippen molar-refractivity contribution in [1.29, 1.82) is 5.26 Å². The maximum absolute atomic E-state index is 12.4. The van der Waals surface area contributed by atoms with Crippen molar-refractivity contribution in [2.45, 2.75) is 32.1 Å². The summed E-state index contributed by atoms with van der Waals surface area (Å²) in [6.07, 6.45) is 3.97. The van der Waals surface area contributed by atoms with Crippen LogP contribution in [-0.2, 0) is 12.8 Å². The molecule has 0 spiro atoms. The number of aromatic carboxylic acids is 1. The van der Waals surface area contributed by atoms with Crippen LogP contribution >= 0.6 is 24.0 Å². The number of benzene rings is 3. The van der Waals surface area contributed by atoms with Crippen LogP contribution in [0.4, 0.5) is 4.39 Å². The van der Waals surface area contributed by atoms with E-state index in [1.165, 1.54) is 5.56 Å². The molecular formula is C32H31Cl2FN2O2. The SMILES string of the molecule is Cl.N#Cc1cc(Cl)ccc1C1=C(c2ccc(CC3CN(CCCF)C3)cc2)c2ccc(C(=O)O)cc2CCC1. The normalized spacial score (nSPS) is 15.5. The molecule has 0 bridgehead atoms. The molecule has 202 valence electrons. The van der Waals surface area contributed by atoms with Crippen molar-refractivity contribution in [3.8, 4) is 6.07 Å². The van der Waals surface area contributed by atoms with Crippen LogP contribution in [0.5, 0.6) is 0 Å². The van der Waals surface area contributed by atoms with E-state index in [0.717, 1.165) is 78.7 Å². The molecule has 1 aliphatic carbocycles. The number of fused-ring (bicyclic) bond motifs is 1. The van der Waals surface area contributed by atoms with Gasteiger partial charge in [0.15, 0.2) is 0 Å². The van der Waals surface area contributed by atoms with Gasteiger partial charge < -0.3 is 10.0 Å². The molecule has 5 rings (SSSR count). The van der Waals surface area contributed by atoms with E-state index in [1.807, 2.05) is 18.2 Å². The number of alkyl halides is 1. The maximum Gasteiger partial charge on any atom is 0.335 e. The van der Waals surface area contributed by atoms with Crippen molar-refractivity contribution in [3.05, 3.63) is 105 Å². The van der Waals surface area contributed by atoms with Crippen LogP contribution in [0, 0.1) is 17.2 Å². The zero-order chi connectivity index (χ0) is 26.6. The van der Waals surface area contributed by atoms with E-state index in [9.17, 15) is 19.6 Å². The highest BCUT2D eigenvalue weighted by atomic mass is 35.5.